The van der Waals surface area contributed by atoms with Crippen molar-refractivity contribution in [1.29, 1.82) is 0 Å². The number of benzene rings is 1. The second kappa shape index (κ2) is 5.85. The van der Waals surface area contributed by atoms with Crippen LogP contribution < -0.4 is 10.5 Å². The fourth-order valence-electron chi connectivity index (χ4n) is 1.63. The van der Waals surface area contributed by atoms with E-state index in [1.54, 1.807) is 18.5 Å². The summed E-state index contributed by atoms with van der Waals surface area (Å²) in [5.74, 6) is 1.35. The highest BCUT2D eigenvalue weighted by atomic mass is 35.5. The number of nitrogens with zero attached hydrogens (tertiary/aromatic N) is 1. The van der Waals surface area contributed by atoms with Crippen LogP contribution in [-0.2, 0) is 0 Å². The third kappa shape index (κ3) is 3.22. The lowest BCUT2D eigenvalue weighted by Gasteiger charge is -2.11. The summed E-state index contributed by atoms with van der Waals surface area (Å²) in [6, 6.07) is 9.50. The van der Waals surface area contributed by atoms with Crippen LogP contribution in [0.15, 0.2) is 42.7 Å². The number of hydrogen-bond acceptors (Lipinski definition) is 3. The van der Waals surface area contributed by atoms with Crippen molar-refractivity contribution in [3.63, 3.8) is 0 Å². The van der Waals surface area contributed by atoms with Crippen LogP contribution in [0.25, 0.3) is 0 Å². The minimum Gasteiger partial charge on any atom is -0.456 e. The van der Waals surface area contributed by atoms with Crippen LogP contribution in [0.5, 0.6) is 11.5 Å². The fourth-order valence-corrected chi connectivity index (χ4v) is 1.79. The number of aromatic nitrogens is 1. The Bertz CT molecular complexity index is 531. The third-order valence-corrected chi connectivity index (χ3v) is 2.85. The van der Waals surface area contributed by atoms with Gasteiger partial charge in [-0.25, -0.2) is 0 Å². The summed E-state index contributed by atoms with van der Waals surface area (Å²) in [6.07, 6.45) is 4.08. The van der Waals surface area contributed by atoms with Gasteiger partial charge in [0.15, 0.2) is 0 Å². The van der Waals surface area contributed by atoms with Crippen LogP contribution in [0.1, 0.15) is 24.9 Å². The molecule has 2 N–H and O–H groups in total. The molecule has 0 radical (unpaired) electrons. The van der Waals surface area contributed by atoms with Crippen molar-refractivity contribution < 1.29 is 4.74 Å². The van der Waals surface area contributed by atoms with Gasteiger partial charge in [-0.2, -0.15) is 0 Å². The van der Waals surface area contributed by atoms with Crippen LogP contribution in [-0.4, -0.2) is 4.98 Å². The first kappa shape index (κ1) is 12.9. The van der Waals surface area contributed by atoms with Gasteiger partial charge in [-0.1, -0.05) is 30.7 Å². The lowest BCUT2D eigenvalue weighted by molar-refractivity contribution is 0.478. The summed E-state index contributed by atoms with van der Waals surface area (Å²) in [4.78, 5) is 3.97. The van der Waals surface area contributed by atoms with Gasteiger partial charge in [0.05, 0.1) is 11.2 Å². The van der Waals surface area contributed by atoms with Crippen molar-refractivity contribution in [2.24, 2.45) is 5.73 Å². The van der Waals surface area contributed by atoms with Gasteiger partial charge in [-0.05, 0) is 24.1 Å². The molecule has 0 saturated heterocycles. The van der Waals surface area contributed by atoms with E-state index in [-0.39, 0.29) is 6.04 Å². The molecule has 0 fully saturated rings. The molecule has 2 aromatic rings. The first-order valence-corrected chi connectivity index (χ1v) is 6.21. The number of pyridine rings is 1. The molecule has 0 amide bonds. The Balaban J connectivity index is 2.19. The zero-order valence-electron chi connectivity index (χ0n) is 10.1. The molecule has 4 heteroatoms. The van der Waals surface area contributed by atoms with Crippen LogP contribution >= 0.6 is 11.6 Å². The number of rotatable bonds is 4. The molecule has 94 valence electrons. The maximum Gasteiger partial charge on any atom is 0.147 e. The van der Waals surface area contributed by atoms with E-state index >= 15 is 0 Å². The van der Waals surface area contributed by atoms with Gasteiger partial charge in [0, 0.05) is 18.3 Å². The van der Waals surface area contributed by atoms with Crippen molar-refractivity contribution in [1.82, 2.24) is 4.98 Å². The van der Waals surface area contributed by atoms with Crippen molar-refractivity contribution >= 4 is 11.6 Å². The van der Waals surface area contributed by atoms with Crippen LogP contribution in [0, 0.1) is 0 Å². The molecule has 1 heterocycles. The Labute approximate surface area is 112 Å². The average Bonchev–Trinajstić information content (AvgIpc) is 2.38. The molecule has 0 spiro atoms. The Morgan fingerprint density at radius 2 is 2.11 bits per heavy atom. The Morgan fingerprint density at radius 1 is 1.28 bits per heavy atom. The van der Waals surface area contributed by atoms with Crippen LogP contribution in [0.4, 0.5) is 0 Å². The van der Waals surface area contributed by atoms with Crippen molar-refractivity contribution in [3.05, 3.63) is 53.3 Å². The lowest BCUT2D eigenvalue weighted by atomic mass is 10.1. The Hall–Kier alpha value is -1.58. The second-order valence-electron chi connectivity index (χ2n) is 4.03. The maximum absolute atomic E-state index is 5.99. The van der Waals surface area contributed by atoms with Gasteiger partial charge < -0.3 is 10.5 Å². The minimum absolute atomic E-state index is 0.0334. The number of ether oxygens (including phenoxy) is 1. The monoisotopic (exact) mass is 262 g/mol. The predicted octanol–water partition coefficient (Wildman–Crippen LogP) is 3.94. The normalized spacial score (nSPS) is 12.2. The van der Waals surface area contributed by atoms with E-state index in [4.69, 9.17) is 22.1 Å². The molecule has 0 bridgehead atoms. The van der Waals surface area contributed by atoms with E-state index in [0.29, 0.717) is 10.8 Å². The number of nitrogens with two attached hydrogens (primary N) is 1. The first-order chi connectivity index (χ1) is 8.69. The van der Waals surface area contributed by atoms with E-state index in [2.05, 4.69) is 11.9 Å². The molecule has 1 aromatic carbocycles. The summed E-state index contributed by atoms with van der Waals surface area (Å²) < 4.78 is 5.69. The number of hydrogen-bond donors (Lipinski definition) is 1. The summed E-state index contributed by atoms with van der Waals surface area (Å²) in [5.41, 5.74) is 7.05. The van der Waals surface area contributed by atoms with E-state index in [0.717, 1.165) is 17.7 Å². The third-order valence-electron chi connectivity index (χ3n) is 2.64. The summed E-state index contributed by atoms with van der Waals surface area (Å²) in [6.45, 7) is 2.05. The SMILES string of the molecule is CCC(N)c1cccc(Oc2cncc(Cl)c2)c1. The first-order valence-electron chi connectivity index (χ1n) is 5.83. The minimum atomic E-state index is 0.0334. The average molecular weight is 263 g/mol. The molecule has 0 aliphatic carbocycles. The van der Waals surface area contributed by atoms with Crippen molar-refractivity contribution in [3.8, 4) is 11.5 Å². The standard InChI is InChI=1S/C14H15ClN2O/c1-2-14(16)10-4-3-5-12(6-10)18-13-7-11(15)8-17-9-13/h3-9,14H,2,16H2,1H3. The quantitative estimate of drug-likeness (QED) is 0.908. The second-order valence-corrected chi connectivity index (χ2v) is 4.46. The number of halogens is 1. The molecule has 0 aliphatic rings. The fraction of sp³-hybridized carbons (Fsp3) is 0.214. The van der Waals surface area contributed by atoms with E-state index in [1.165, 1.54) is 0 Å². The molecule has 0 aliphatic heterocycles. The van der Waals surface area contributed by atoms with Crippen LogP contribution in [0.2, 0.25) is 5.02 Å². The largest absolute Gasteiger partial charge is 0.456 e. The maximum atomic E-state index is 5.99. The van der Waals surface area contributed by atoms with E-state index in [9.17, 15) is 0 Å². The zero-order chi connectivity index (χ0) is 13.0. The molecular weight excluding hydrogens is 248 g/mol. The van der Waals surface area contributed by atoms with Crippen molar-refractivity contribution in [2.45, 2.75) is 19.4 Å². The molecular formula is C14H15ClN2O. The summed E-state index contributed by atoms with van der Waals surface area (Å²) in [5, 5.41) is 0.550. The Kier molecular flexibility index (Phi) is 4.18. The van der Waals surface area contributed by atoms with Gasteiger partial charge in [-0.3, -0.25) is 4.98 Å². The highest BCUT2D eigenvalue weighted by Gasteiger charge is 2.05. The van der Waals surface area contributed by atoms with E-state index in [1.807, 2.05) is 24.3 Å². The Morgan fingerprint density at radius 3 is 2.83 bits per heavy atom. The van der Waals surface area contributed by atoms with Gasteiger partial charge in [-0.15, -0.1) is 0 Å². The van der Waals surface area contributed by atoms with Crippen LogP contribution in [0.3, 0.4) is 0 Å². The molecule has 0 saturated carbocycles. The molecule has 1 aromatic heterocycles. The van der Waals surface area contributed by atoms with Crippen molar-refractivity contribution in [2.75, 3.05) is 0 Å². The predicted molar refractivity (Wildman–Crippen MR) is 73.0 cm³/mol. The lowest BCUT2D eigenvalue weighted by Crippen LogP contribution is -2.08. The van der Waals surface area contributed by atoms with Gasteiger partial charge in [0.1, 0.15) is 11.5 Å². The summed E-state index contributed by atoms with van der Waals surface area (Å²) >= 11 is 5.85. The smallest absolute Gasteiger partial charge is 0.147 e. The van der Waals surface area contributed by atoms with E-state index < -0.39 is 0 Å². The van der Waals surface area contributed by atoms with Gasteiger partial charge in [0.25, 0.3) is 0 Å². The molecule has 1 atom stereocenters. The highest BCUT2D eigenvalue weighted by molar-refractivity contribution is 6.30. The molecule has 1 unspecified atom stereocenters. The summed E-state index contributed by atoms with van der Waals surface area (Å²) in [7, 11) is 0. The molecule has 18 heavy (non-hydrogen) atoms. The molecule has 2 rings (SSSR count). The van der Waals surface area contributed by atoms with Gasteiger partial charge >= 0.3 is 0 Å². The topological polar surface area (TPSA) is 48.1 Å². The zero-order valence-corrected chi connectivity index (χ0v) is 10.9. The highest BCUT2D eigenvalue weighted by Crippen LogP contribution is 2.25. The molecule has 3 nitrogen and oxygen atoms in total. The van der Waals surface area contributed by atoms with Gasteiger partial charge in [0.2, 0.25) is 0 Å².